The number of nitrogens with zero attached hydrogens (tertiary/aromatic N) is 4. The Hall–Kier alpha value is -2.28. The predicted octanol–water partition coefficient (Wildman–Crippen LogP) is 3.65. The lowest BCUT2D eigenvalue weighted by atomic mass is 9.86. The van der Waals surface area contributed by atoms with Gasteiger partial charge in [-0.05, 0) is 35.8 Å². The van der Waals surface area contributed by atoms with Gasteiger partial charge in [-0.2, -0.15) is 9.61 Å². The standard InChI is InChI=1S/C21H27N5OS/c1-21(2,3)16-9-4-14(5-10-16)6-11-17(27)22-13-12-18-25-26-19(15-7-8-15)23-24-20(26)28-18/h4-5,9-10,15H,6-8,11-13H2,1-3H3,(H,22,27). The maximum atomic E-state index is 12.2. The van der Waals surface area contributed by atoms with Crippen LogP contribution >= 0.6 is 11.3 Å². The summed E-state index contributed by atoms with van der Waals surface area (Å²) in [5.74, 6) is 1.60. The molecule has 0 saturated heterocycles. The van der Waals surface area contributed by atoms with Crippen LogP contribution in [-0.4, -0.2) is 32.3 Å². The molecule has 0 bridgehead atoms. The first-order chi connectivity index (χ1) is 13.4. The van der Waals surface area contributed by atoms with Crippen molar-refractivity contribution in [1.29, 1.82) is 0 Å². The van der Waals surface area contributed by atoms with Crippen LogP contribution in [0.5, 0.6) is 0 Å². The molecule has 28 heavy (non-hydrogen) atoms. The lowest BCUT2D eigenvalue weighted by Gasteiger charge is -2.19. The van der Waals surface area contributed by atoms with Gasteiger partial charge in [0.1, 0.15) is 5.01 Å². The molecule has 3 aromatic rings. The van der Waals surface area contributed by atoms with Gasteiger partial charge in [0.2, 0.25) is 10.9 Å². The van der Waals surface area contributed by atoms with E-state index in [1.54, 1.807) is 11.3 Å². The molecule has 1 amide bonds. The Bertz CT molecular complexity index is 963. The van der Waals surface area contributed by atoms with Gasteiger partial charge in [0.25, 0.3) is 0 Å². The summed E-state index contributed by atoms with van der Waals surface area (Å²) in [5.41, 5.74) is 2.67. The average molecular weight is 398 g/mol. The van der Waals surface area contributed by atoms with Crippen molar-refractivity contribution in [1.82, 2.24) is 25.1 Å². The molecule has 1 fully saturated rings. The minimum Gasteiger partial charge on any atom is -0.356 e. The summed E-state index contributed by atoms with van der Waals surface area (Å²) in [7, 11) is 0. The lowest BCUT2D eigenvalue weighted by molar-refractivity contribution is -0.121. The van der Waals surface area contributed by atoms with Crippen molar-refractivity contribution >= 4 is 22.2 Å². The number of nitrogens with one attached hydrogen (secondary N) is 1. The molecule has 6 nitrogen and oxygen atoms in total. The highest BCUT2D eigenvalue weighted by Gasteiger charge is 2.30. The largest absolute Gasteiger partial charge is 0.356 e. The molecule has 1 aliphatic carbocycles. The van der Waals surface area contributed by atoms with E-state index in [-0.39, 0.29) is 11.3 Å². The lowest BCUT2D eigenvalue weighted by Crippen LogP contribution is -2.25. The molecule has 2 aromatic heterocycles. The topological polar surface area (TPSA) is 72.2 Å². The number of aryl methyl sites for hydroxylation is 1. The second-order valence-corrected chi connectivity index (χ2v) is 9.61. The zero-order valence-corrected chi connectivity index (χ0v) is 17.6. The Balaban J connectivity index is 1.22. The van der Waals surface area contributed by atoms with Crippen molar-refractivity contribution in [3.63, 3.8) is 0 Å². The highest BCUT2D eigenvalue weighted by atomic mass is 32.1. The summed E-state index contributed by atoms with van der Waals surface area (Å²) >= 11 is 1.56. The molecule has 0 radical (unpaired) electrons. The van der Waals surface area contributed by atoms with Crippen LogP contribution < -0.4 is 5.32 Å². The third kappa shape index (κ3) is 4.41. The van der Waals surface area contributed by atoms with Crippen LogP contribution in [0.15, 0.2) is 24.3 Å². The van der Waals surface area contributed by atoms with Gasteiger partial charge in [0, 0.05) is 25.3 Å². The first-order valence-electron chi connectivity index (χ1n) is 9.97. The fraction of sp³-hybridized carbons (Fsp3) is 0.524. The molecular formula is C21H27N5OS. The molecule has 1 saturated carbocycles. The number of hydrogen-bond donors (Lipinski definition) is 1. The van der Waals surface area contributed by atoms with Crippen molar-refractivity contribution < 1.29 is 4.79 Å². The second kappa shape index (κ2) is 7.62. The first kappa shape index (κ1) is 19.1. The zero-order valence-electron chi connectivity index (χ0n) is 16.7. The van der Waals surface area contributed by atoms with E-state index >= 15 is 0 Å². The number of carbonyl (C=O) groups excluding carboxylic acids is 1. The molecule has 0 unspecified atom stereocenters. The van der Waals surface area contributed by atoms with Crippen LogP contribution in [0.3, 0.4) is 0 Å². The molecule has 4 rings (SSSR count). The van der Waals surface area contributed by atoms with Crippen LogP contribution in [-0.2, 0) is 23.1 Å². The maximum absolute atomic E-state index is 12.2. The van der Waals surface area contributed by atoms with Gasteiger partial charge in [0.05, 0.1) is 0 Å². The molecular weight excluding hydrogens is 370 g/mol. The van der Waals surface area contributed by atoms with E-state index in [0.29, 0.717) is 18.9 Å². The summed E-state index contributed by atoms with van der Waals surface area (Å²) in [4.78, 5) is 13.0. The molecule has 1 N–H and O–H groups in total. The van der Waals surface area contributed by atoms with E-state index < -0.39 is 0 Å². The summed E-state index contributed by atoms with van der Waals surface area (Å²) in [5, 5.41) is 17.0. The van der Waals surface area contributed by atoms with Crippen LogP contribution in [0.2, 0.25) is 0 Å². The van der Waals surface area contributed by atoms with Crippen LogP contribution in [0.25, 0.3) is 4.96 Å². The van der Waals surface area contributed by atoms with Crippen LogP contribution in [0, 0.1) is 0 Å². The number of aromatic nitrogens is 4. The van der Waals surface area contributed by atoms with Gasteiger partial charge in [-0.1, -0.05) is 56.4 Å². The van der Waals surface area contributed by atoms with Crippen molar-refractivity contribution in [2.24, 2.45) is 0 Å². The summed E-state index contributed by atoms with van der Waals surface area (Å²) < 4.78 is 1.88. The third-order valence-corrected chi connectivity index (χ3v) is 6.08. The van der Waals surface area contributed by atoms with E-state index in [2.05, 4.69) is 65.6 Å². The quantitative estimate of drug-likeness (QED) is 0.660. The highest BCUT2D eigenvalue weighted by Crippen LogP contribution is 2.39. The number of rotatable bonds is 7. The van der Waals surface area contributed by atoms with E-state index in [1.165, 1.54) is 24.0 Å². The van der Waals surface area contributed by atoms with E-state index in [9.17, 15) is 4.79 Å². The second-order valence-electron chi connectivity index (χ2n) is 8.57. The SMILES string of the molecule is CC(C)(C)c1ccc(CCC(=O)NCCc2nn3c(C4CC4)nnc3s2)cc1. The minimum absolute atomic E-state index is 0.0848. The molecule has 0 spiro atoms. The van der Waals surface area contributed by atoms with Gasteiger partial charge in [0.15, 0.2) is 5.82 Å². The number of amides is 1. The Morgan fingerprint density at radius 1 is 1.18 bits per heavy atom. The Labute approximate surface area is 169 Å². The third-order valence-electron chi connectivity index (χ3n) is 5.12. The Morgan fingerprint density at radius 3 is 2.61 bits per heavy atom. The van der Waals surface area contributed by atoms with Crippen molar-refractivity contribution in [3.05, 3.63) is 46.2 Å². The fourth-order valence-electron chi connectivity index (χ4n) is 3.20. The average Bonchev–Trinajstić information content (AvgIpc) is 3.29. The van der Waals surface area contributed by atoms with Crippen LogP contribution in [0.4, 0.5) is 0 Å². The van der Waals surface area contributed by atoms with Crippen molar-refractivity contribution in [2.75, 3.05) is 6.54 Å². The van der Waals surface area contributed by atoms with E-state index in [0.717, 1.165) is 28.6 Å². The molecule has 148 valence electrons. The summed E-state index contributed by atoms with van der Waals surface area (Å²) in [6.07, 6.45) is 4.36. The highest BCUT2D eigenvalue weighted by molar-refractivity contribution is 7.16. The van der Waals surface area contributed by atoms with Gasteiger partial charge in [-0.3, -0.25) is 4.79 Å². The van der Waals surface area contributed by atoms with Gasteiger partial charge >= 0.3 is 0 Å². The zero-order chi connectivity index (χ0) is 19.7. The smallest absolute Gasteiger partial charge is 0.234 e. The van der Waals surface area contributed by atoms with Gasteiger partial charge in [-0.25, -0.2) is 0 Å². The normalized spacial score (nSPS) is 14.5. The molecule has 1 aliphatic rings. The van der Waals surface area contributed by atoms with Crippen molar-refractivity contribution in [2.45, 2.75) is 64.2 Å². The number of hydrogen-bond acceptors (Lipinski definition) is 5. The molecule has 2 heterocycles. The van der Waals surface area contributed by atoms with Crippen LogP contribution in [0.1, 0.15) is 67.9 Å². The minimum atomic E-state index is 0.0848. The molecule has 7 heteroatoms. The number of benzene rings is 1. The van der Waals surface area contributed by atoms with Crippen molar-refractivity contribution in [3.8, 4) is 0 Å². The summed E-state index contributed by atoms with van der Waals surface area (Å²) in [6, 6.07) is 8.59. The Morgan fingerprint density at radius 2 is 1.93 bits per heavy atom. The maximum Gasteiger partial charge on any atom is 0.234 e. The predicted molar refractivity (Wildman–Crippen MR) is 111 cm³/mol. The number of fused-ring (bicyclic) bond motifs is 1. The van der Waals surface area contributed by atoms with Gasteiger partial charge in [-0.15, -0.1) is 10.2 Å². The first-order valence-corrected chi connectivity index (χ1v) is 10.8. The van der Waals surface area contributed by atoms with E-state index in [4.69, 9.17) is 0 Å². The summed E-state index contributed by atoms with van der Waals surface area (Å²) in [6.45, 7) is 7.22. The molecule has 1 aromatic carbocycles. The fourth-order valence-corrected chi connectivity index (χ4v) is 4.04. The monoisotopic (exact) mass is 397 g/mol. The van der Waals surface area contributed by atoms with Gasteiger partial charge < -0.3 is 5.32 Å². The molecule has 0 aliphatic heterocycles. The molecule has 0 atom stereocenters. The number of carbonyl (C=O) groups is 1. The Kier molecular flexibility index (Phi) is 5.19. The van der Waals surface area contributed by atoms with E-state index in [1.807, 2.05) is 4.52 Å².